The maximum Gasteiger partial charge on any atom is 0.164 e. The van der Waals surface area contributed by atoms with Gasteiger partial charge in [0.15, 0.2) is 34.9 Å². The van der Waals surface area contributed by atoms with Crippen molar-refractivity contribution in [2.24, 2.45) is 0 Å². The Hall–Kier alpha value is -13.7. The average molecular weight is 1400 g/mol. The van der Waals surface area contributed by atoms with Crippen LogP contribution in [-0.4, -0.2) is 48.2 Å². The van der Waals surface area contributed by atoms with Gasteiger partial charge in [0.2, 0.25) is 0 Å². The maximum absolute atomic E-state index is 5.57. The molecule has 14 aromatic carbocycles. The molecule has 520 valence electrons. The summed E-state index contributed by atoms with van der Waals surface area (Å²) < 4.78 is 9.57. The average Bonchev–Trinajstić information content (AvgIpc) is 1.65. The minimum atomic E-state index is -0.0311. The quantitative estimate of drug-likeness (QED) is 0.128. The van der Waals surface area contributed by atoms with Crippen LogP contribution in [0.15, 0.2) is 322 Å². The van der Waals surface area contributed by atoms with Crippen molar-refractivity contribution in [2.75, 3.05) is 0 Å². The van der Waals surface area contributed by atoms with E-state index in [-0.39, 0.29) is 10.8 Å². The second-order valence-electron chi connectivity index (χ2n) is 30.9. The van der Waals surface area contributed by atoms with Crippen molar-refractivity contribution in [3.05, 3.63) is 338 Å². The third kappa shape index (κ3) is 11.2. The van der Waals surface area contributed by atoms with E-state index in [1.807, 2.05) is 0 Å². The number of nitrogens with zero attached hydrogens (tertiary/aromatic N) is 10. The van der Waals surface area contributed by atoms with E-state index >= 15 is 0 Å². The van der Waals surface area contributed by atoms with E-state index in [1.165, 1.54) is 43.4 Å². The van der Waals surface area contributed by atoms with Gasteiger partial charge in [0.05, 0.1) is 44.1 Å². The monoisotopic (exact) mass is 1400 g/mol. The van der Waals surface area contributed by atoms with E-state index in [0.29, 0.717) is 34.9 Å². The fourth-order valence-electron chi connectivity index (χ4n) is 16.3. The van der Waals surface area contributed by atoms with Crippen LogP contribution in [0.1, 0.15) is 58.2 Å². The molecule has 20 rings (SSSR count). The van der Waals surface area contributed by atoms with Crippen LogP contribution >= 0.6 is 0 Å². The molecule has 0 aliphatic rings. The van der Waals surface area contributed by atoms with Gasteiger partial charge in [-0.05, 0) is 137 Å². The Balaban J connectivity index is 0.756. The summed E-state index contributed by atoms with van der Waals surface area (Å²) in [4.78, 5) is 32.7. The first-order valence-corrected chi connectivity index (χ1v) is 37.4. The third-order valence-corrected chi connectivity index (χ3v) is 21.8. The Morgan fingerprint density at radius 1 is 0.193 bits per heavy atom. The van der Waals surface area contributed by atoms with Crippen LogP contribution in [0.3, 0.4) is 0 Å². The van der Waals surface area contributed by atoms with Crippen LogP contribution in [0.25, 0.3) is 189 Å². The predicted molar refractivity (Wildman–Crippen MR) is 451 cm³/mol. The van der Waals surface area contributed by atoms with Gasteiger partial charge in [-0.25, -0.2) is 29.9 Å². The fraction of sp³-hybridized carbons (Fsp3) is 0.0909. The van der Waals surface area contributed by atoms with E-state index < -0.39 is 0 Å². The maximum atomic E-state index is 5.57. The molecule has 10 heteroatoms. The molecule has 0 N–H and O–H groups in total. The molecule has 0 saturated heterocycles. The zero-order valence-electron chi connectivity index (χ0n) is 61.6. The van der Waals surface area contributed by atoms with Gasteiger partial charge in [-0.15, -0.1) is 0 Å². The lowest BCUT2D eigenvalue weighted by atomic mass is 9.86. The zero-order valence-corrected chi connectivity index (χ0v) is 61.6. The molecule has 0 saturated carbocycles. The molecule has 0 unspecified atom stereocenters. The van der Waals surface area contributed by atoms with Crippen LogP contribution in [-0.2, 0) is 10.8 Å². The van der Waals surface area contributed by atoms with Crippen molar-refractivity contribution < 1.29 is 0 Å². The molecule has 0 spiro atoms. The number of benzene rings is 14. The second-order valence-corrected chi connectivity index (χ2v) is 30.9. The zero-order chi connectivity index (χ0) is 73.4. The fourth-order valence-corrected chi connectivity index (χ4v) is 16.3. The van der Waals surface area contributed by atoms with Gasteiger partial charge >= 0.3 is 0 Å². The summed E-state index contributed by atoms with van der Waals surface area (Å²) in [5, 5.41) is 9.31. The molecule has 20 aromatic rings. The first-order valence-electron chi connectivity index (χ1n) is 37.4. The number of fused-ring (bicyclic) bond motifs is 12. The molecule has 0 amide bonds. The Bertz CT molecular complexity index is 6690. The van der Waals surface area contributed by atoms with Crippen molar-refractivity contribution in [1.82, 2.24) is 48.2 Å². The van der Waals surface area contributed by atoms with Gasteiger partial charge in [0, 0.05) is 99.2 Å². The standard InChI is InChI=1S/C99H74N10/c1-61-39-41-62(42-40-61)92-101-95(105-97(102-92)69-55-72(106-84-32-15-8-25-76(84)77-26-9-16-33-85(77)106)59-73(56-69)107-86-34-17-10-27-78(86)79-28-11-18-35-87(79)107)67-24-22-23-65(53-67)66-47-52-91-83(58-66)82-31-14-21-38-90(82)109(91)75-57-68(54-74(60-75)108-88-36-19-12-29-80(88)81-30-13-20-37-89(81)108)96-103-93(63-43-48-70(49-44-63)98(2,3)4)100-94(104-96)64-45-50-71(51-46-64)99(5,6)7/h8-60H,1-7H3. The smallest absolute Gasteiger partial charge is 0.164 e. The van der Waals surface area contributed by atoms with Gasteiger partial charge in [0.25, 0.3) is 0 Å². The van der Waals surface area contributed by atoms with Crippen LogP contribution in [0.2, 0.25) is 0 Å². The minimum Gasteiger partial charge on any atom is -0.309 e. The van der Waals surface area contributed by atoms with E-state index in [0.717, 1.165) is 128 Å². The normalized spacial score (nSPS) is 12.2. The SMILES string of the molecule is Cc1ccc(-c2nc(-c3cccc(-c4ccc5c(c4)c4ccccc4n5-c4cc(-c5nc(-c6ccc(C(C)(C)C)cc6)nc(-c6ccc(C(C)(C)C)cc6)n5)cc(-n5c6ccccc6c6ccccc65)c4)c3)nc(-c3cc(-n4c5ccccc5c5ccccc54)cc(-n4c5ccccc5c5ccccc54)c3)n2)cc1. The van der Waals surface area contributed by atoms with Crippen molar-refractivity contribution >= 4 is 87.2 Å². The molecule has 10 nitrogen and oxygen atoms in total. The summed E-state index contributed by atoms with van der Waals surface area (Å²) in [6, 6.07) is 116. The number of para-hydroxylation sites is 7. The summed E-state index contributed by atoms with van der Waals surface area (Å²) in [7, 11) is 0. The summed E-state index contributed by atoms with van der Waals surface area (Å²) in [5.74, 6) is 3.48. The van der Waals surface area contributed by atoms with Gasteiger partial charge < -0.3 is 18.3 Å². The Morgan fingerprint density at radius 2 is 0.440 bits per heavy atom. The van der Waals surface area contributed by atoms with Crippen molar-refractivity contribution in [3.8, 4) is 102 Å². The molecule has 6 aromatic heterocycles. The lowest BCUT2D eigenvalue weighted by Gasteiger charge is -2.19. The molecule has 0 aliphatic carbocycles. The van der Waals surface area contributed by atoms with Gasteiger partial charge in [-0.1, -0.05) is 272 Å². The molecule has 0 aliphatic heterocycles. The Morgan fingerprint density at radius 3 is 0.761 bits per heavy atom. The third-order valence-electron chi connectivity index (χ3n) is 21.8. The molecular formula is C99H74N10. The minimum absolute atomic E-state index is 0.0311. The number of hydrogen-bond acceptors (Lipinski definition) is 6. The Kier molecular flexibility index (Phi) is 15.0. The first kappa shape index (κ1) is 64.9. The summed E-state index contributed by atoms with van der Waals surface area (Å²) >= 11 is 0. The van der Waals surface area contributed by atoms with E-state index in [2.05, 4.69) is 388 Å². The van der Waals surface area contributed by atoms with Crippen molar-refractivity contribution in [1.29, 1.82) is 0 Å². The highest BCUT2D eigenvalue weighted by molar-refractivity contribution is 6.13. The lowest BCUT2D eigenvalue weighted by molar-refractivity contribution is 0.590. The number of aryl methyl sites for hydroxylation is 1. The van der Waals surface area contributed by atoms with Gasteiger partial charge in [0.1, 0.15) is 0 Å². The molecule has 109 heavy (non-hydrogen) atoms. The first-order chi connectivity index (χ1) is 53.2. The molecule has 0 radical (unpaired) electrons. The molecular weight excluding hydrogens is 1330 g/mol. The Labute approximate surface area is 631 Å². The van der Waals surface area contributed by atoms with Crippen LogP contribution in [0.4, 0.5) is 0 Å². The molecule has 6 heterocycles. The molecule has 0 bridgehead atoms. The van der Waals surface area contributed by atoms with Crippen molar-refractivity contribution in [3.63, 3.8) is 0 Å². The summed E-state index contributed by atoms with van der Waals surface area (Å²) in [6.07, 6.45) is 0. The second kappa shape index (κ2) is 25.3. The van der Waals surface area contributed by atoms with Crippen LogP contribution < -0.4 is 0 Å². The predicted octanol–water partition coefficient (Wildman–Crippen LogP) is 25.0. The van der Waals surface area contributed by atoms with Crippen LogP contribution in [0, 0.1) is 6.92 Å². The topological polar surface area (TPSA) is 97.1 Å². The van der Waals surface area contributed by atoms with E-state index in [9.17, 15) is 0 Å². The van der Waals surface area contributed by atoms with Gasteiger partial charge in [-0.3, -0.25) is 0 Å². The van der Waals surface area contributed by atoms with Crippen LogP contribution in [0.5, 0.6) is 0 Å². The number of aromatic nitrogens is 10. The highest BCUT2D eigenvalue weighted by atomic mass is 15.1. The highest BCUT2D eigenvalue weighted by Crippen LogP contribution is 2.43. The lowest BCUT2D eigenvalue weighted by Crippen LogP contribution is -2.11. The summed E-state index contributed by atoms with van der Waals surface area (Å²) in [6.45, 7) is 15.6. The number of rotatable bonds is 11. The molecule has 0 atom stereocenters. The van der Waals surface area contributed by atoms with E-state index in [1.54, 1.807) is 0 Å². The summed E-state index contributed by atoms with van der Waals surface area (Å²) in [5.41, 5.74) is 23.6. The van der Waals surface area contributed by atoms with Gasteiger partial charge in [-0.2, -0.15) is 0 Å². The number of hydrogen-bond donors (Lipinski definition) is 0. The van der Waals surface area contributed by atoms with Crippen molar-refractivity contribution in [2.45, 2.75) is 59.3 Å². The molecule has 0 fully saturated rings. The largest absolute Gasteiger partial charge is 0.309 e. The van der Waals surface area contributed by atoms with E-state index in [4.69, 9.17) is 29.9 Å². The highest BCUT2D eigenvalue weighted by Gasteiger charge is 2.25.